The van der Waals surface area contributed by atoms with E-state index in [9.17, 15) is 4.79 Å². The van der Waals surface area contributed by atoms with Crippen molar-refractivity contribution in [3.63, 3.8) is 0 Å². The number of nitrogens with one attached hydrogen (secondary N) is 2. The minimum atomic E-state index is -0.163. The van der Waals surface area contributed by atoms with Gasteiger partial charge in [0, 0.05) is 37.9 Å². The fourth-order valence-corrected chi connectivity index (χ4v) is 3.44. The number of nitrogens with zero attached hydrogens (tertiary/aromatic N) is 4. The molecule has 8 heteroatoms. The van der Waals surface area contributed by atoms with Crippen molar-refractivity contribution < 1.29 is 9.53 Å². The fraction of sp³-hybridized carbons (Fsp3) is 0.588. The molecule has 0 radical (unpaired) electrons. The number of aromatic nitrogens is 4. The number of aromatic amines is 1. The smallest absolute Gasteiger partial charge is 0.271 e. The first kappa shape index (κ1) is 16.3. The highest BCUT2D eigenvalue weighted by atomic mass is 16.5. The Bertz CT molecular complexity index is 750. The molecular formula is C17H24N6O2. The van der Waals surface area contributed by atoms with Crippen LogP contribution in [0.3, 0.4) is 0 Å². The van der Waals surface area contributed by atoms with Gasteiger partial charge in [-0.2, -0.15) is 5.10 Å². The van der Waals surface area contributed by atoms with E-state index in [-0.39, 0.29) is 18.1 Å². The van der Waals surface area contributed by atoms with Crippen LogP contribution >= 0.6 is 0 Å². The van der Waals surface area contributed by atoms with Crippen molar-refractivity contribution in [2.75, 3.05) is 26.7 Å². The van der Waals surface area contributed by atoms with E-state index in [1.165, 1.54) is 12.8 Å². The summed E-state index contributed by atoms with van der Waals surface area (Å²) < 4.78 is 7.95. The number of H-pyrrole nitrogens is 1. The predicted octanol–water partition coefficient (Wildman–Crippen LogP) is 0.822. The number of amides is 1. The number of aryl methyl sites for hydroxylation is 1. The third kappa shape index (κ3) is 3.32. The van der Waals surface area contributed by atoms with Gasteiger partial charge in [0.05, 0.1) is 30.8 Å². The van der Waals surface area contributed by atoms with Crippen molar-refractivity contribution in [2.45, 2.75) is 30.9 Å². The van der Waals surface area contributed by atoms with Crippen molar-refractivity contribution in [1.82, 2.24) is 30.0 Å². The molecule has 0 unspecified atom stereocenters. The molecule has 2 aromatic heterocycles. The average molecular weight is 344 g/mol. The summed E-state index contributed by atoms with van der Waals surface area (Å²) in [5, 5.41) is 10.1. The van der Waals surface area contributed by atoms with Gasteiger partial charge in [-0.15, -0.1) is 0 Å². The van der Waals surface area contributed by atoms with Crippen LogP contribution in [0.5, 0.6) is 0 Å². The molecule has 2 atom stereocenters. The zero-order valence-electron chi connectivity index (χ0n) is 14.6. The van der Waals surface area contributed by atoms with Crippen LogP contribution in [0.25, 0.3) is 0 Å². The monoisotopic (exact) mass is 344 g/mol. The van der Waals surface area contributed by atoms with Crippen LogP contribution in [0.2, 0.25) is 0 Å². The summed E-state index contributed by atoms with van der Waals surface area (Å²) in [5.74, 6) is 0.391. The molecule has 0 spiro atoms. The molecule has 2 aliphatic rings. The lowest BCUT2D eigenvalue weighted by Crippen LogP contribution is -2.48. The molecule has 3 heterocycles. The number of likely N-dealkylation sites (N-methyl/N-ethyl adjacent to an activating group) is 1. The number of hydrogen-bond donors (Lipinski definition) is 2. The van der Waals surface area contributed by atoms with Gasteiger partial charge >= 0.3 is 0 Å². The molecule has 25 heavy (non-hydrogen) atoms. The van der Waals surface area contributed by atoms with E-state index in [1.54, 1.807) is 6.33 Å². The molecule has 8 nitrogen and oxygen atoms in total. The standard InChI is InChI=1S/C17H24N6O2/c1-22-5-6-25-15(16(22)14-8-18-10-23(14)2)9-19-17(24)13-7-12(20-21-13)11-3-4-11/h7-8,10-11,15-16H,3-6,9H2,1-2H3,(H,19,24)(H,20,21)/t15-,16-/m0/s1. The molecule has 1 saturated heterocycles. The number of rotatable bonds is 5. The van der Waals surface area contributed by atoms with E-state index in [2.05, 4.69) is 32.4 Å². The summed E-state index contributed by atoms with van der Waals surface area (Å²) >= 11 is 0. The van der Waals surface area contributed by atoms with Crippen molar-refractivity contribution in [1.29, 1.82) is 0 Å². The van der Waals surface area contributed by atoms with Crippen LogP contribution < -0.4 is 5.32 Å². The molecule has 4 rings (SSSR count). The lowest BCUT2D eigenvalue weighted by molar-refractivity contribution is -0.0626. The Morgan fingerprint density at radius 1 is 1.44 bits per heavy atom. The third-order valence-electron chi connectivity index (χ3n) is 5.07. The second-order valence-corrected chi connectivity index (χ2v) is 6.96. The van der Waals surface area contributed by atoms with Crippen molar-refractivity contribution in [3.8, 4) is 0 Å². The fourth-order valence-electron chi connectivity index (χ4n) is 3.44. The summed E-state index contributed by atoms with van der Waals surface area (Å²) in [6.07, 6.45) is 5.88. The quantitative estimate of drug-likeness (QED) is 0.838. The number of ether oxygens (including phenoxy) is 1. The maximum atomic E-state index is 12.4. The van der Waals surface area contributed by atoms with E-state index in [4.69, 9.17) is 4.74 Å². The number of carbonyl (C=O) groups is 1. The normalized spacial score (nSPS) is 24.4. The van der Waals surface area contributed by atoms with Gasteiger partial charge in [0.1, 0.15) is 5.69 Å². The van der Waals surface area contributed by atoms with Gasteiger partial charge in [0.15, 0.2) is 0 Å². The van der Waals surface area contributed by atoms with Gasteiger partial charge in [-0.05, 0) is 26.0 Å². The minimum Gasteiger partial charge on any atom is -0.373 e. The molecule has 1 aliphatic heterocycles. The molecule has 2 aromatic rings. The molecule has 134 valence electrons. The summed E-state index contributed by atoms with van der Waals surface area (Å²) in [4.78, 5) is 18.9. The Morgan fingerprint density at radius 2 is 2.28 bits per heavy atom. The SMILES string of the molecule is CN1CCO[C@@H](CNC(=O)c2cc(C3CC3)[nH]n2)[C@@H]1c1cncn1C. The van der Waals surface area contributed by atoms with Crippen LogP contribution in [-0.4, -0.2) is 63.4 Å². The van der Waals surface area contributed by atoms with Crippen LogP contribution in [-0.2, 0) is 11.8 Å². The molecule has 0 aromatic carbocycles. The van der Waals surface area contributed by atoms with Gasteiger partial charge in [-0.1, -0.05) is 0 Å². The Morgan fingerprint density at radius 3 is 3.00 bits per heavy atom. The van der Waals surface area contributed by atoms with Gasteiger partial charge < -0.3 is 14.6 Å². The lowest BCUT2D eigenvalue weighted by Gasteiger charge is -2.39. The van der Waals surface area contributed by atoms with Crippen molar-refractivity contribution in [3.05, 3.63) is 35.7 Å². The topological polar surface area (TPSA) is 88.1 Å². The Labute approximate surface area is 146 Å². The average Bonchev–Trinajstić information content (AvgIpc) is 3.18. The predicted molar refractivity (Wildman–Crippen MR) is 91.2 cm³/mol. The zero-order chi connectivity index (χ0) is 17.4. The molecule has 1 saturated carbocycles. The Kier molecular flexibility index (Phi) is 4.30. The van der Waals surface area contributed by atoms with E-state index in [1.807, 2.05) is 23.9 Å². The number of imidazole rings is 1. The van der Waals surface area contributed by atoms with Gasteiger partial charge in [0.2, 0.25) is 0 Å². The summed E-state index contributed by atoms with van der Waals surface area (Å²) in [7, 11) is 4.05. The van der Waals surface area contributed by atoms with Crippen LogP contribution in [0.4, 0.5) is 0 Å². The first-order valence-corrected chi connectivity index (χ1v) is 8.75. The lowest BCUT2D eigenvalue weighted by atomic mass is 10.0. The Hall–Kier alpha value is -2.19. The molecule has 1 aliphatic carbocycles. The third-order valence-corrected chi connectivity index (χ3v) is 5.07. The molecule has 2 N–H and O–H groups in total. The highest BCUT2D eigenvalue weighted by molar-refractivity contribution is 5.92. The Balaban J connectivity index is 1.42. The maximum absolute atomic E-state index is 12.4. The van der Waals surface area contributed by atoms with Crippen molar-refractivity contribution >= 4 is 5.91 Å². The number of hydrogen-bond acceptors (Lipinski definition) is 5. The van der Waals surface area contributed by atoms with Gasteiger partial charge in [0.25, 0.3) is 5.91 Å². The number of morpholine rings is 1. The van der Waals surface area contributed by atoms with Crippen molar-refractivity contribution in [2.24, 2.45) is 7.05 Å². The summed E-state index contributed by atoms with van der Waals surface area (Å²) in [6, 6.07) is 1.92. The van der Waals surface area contributed by atoms with E-state index in [0.29, 0.717) is 24.8 Å². The second kappa shape index (κ2) is 6.61. The molecule has 0 bridgehead atoms. The van der Waals surface area contributed by atoms with Crippen LogP contribution in [0, 0.1) is 0 Å². The maximum Gasteiger partial charge on any atom is 0.271 e. The highest BCUT2D eigenvalue weighted by Crippen LogP contribution is 2.39. The van der Waals surface area contributed by atoms with E-state index < -0.39 is 0 Å². The first-order valence-electron chi connectivity index (χ1n) is 8.75. The van der Waals surface area contributed by atoms with Gasteiger partial charge in [-0.25, -0.2) is 4.98 Å². The molecule has 1 amide bonds. The minimum absolute atomic E-state index is 0.0581. The molecule has 2 fully saturated rings. The summed E-state index contributed by atoms with van der Waals surface area (Å²) in [6.45, 7) is 1.94. The molecular weight excluding hydrogens is 320 g/mol. The van der Waals surface area contributed by atoms with Crippen LogP contribution in [0.1, 0.15) is 46.7 Å². The second-order valence-electron chi connectivity index (χ2n) is 6.96. The zero-order valence-corrected chi connectivity index (χ0v) is 14.6. The van der Waals surface area contributed by atoms with Gasteiger partial charge in [-0.3, -0.25) is 14.8 Å². The first-order chi connectivity index (χ1) is 12.1. The van der Waals surface area contributed by atoms with E-state index in [0.717, 1.165) is 17.9 Å². The largest absolute Gasteiger partial charge is 0.373 e. The van der Waals surface area contributed by atoms with Crippen LogP contribution in [0.15, 0.2) is 18.6 Å². The summed E-state index contributed by atoms with van der Waals surface area (Å²) in [5.41, 5.74) is 2.59. The van der Waals surface area contributed by atoms with E-state index >= 15 is 0 Å². The highest BCUT2D eigenvalue weighted by Gasteiger charge is 2.34. The number of carbonyl (C=O) groups excluding carboxylic acids is 1.